The van der Waals surface area contributed by atoms with Gasteiger partial charge in [0, 0.05) is 43.3 Å². The summed E-state index contributed by atoms with van der Waals surface area (Å²) in [5.74, 6) is -0.510. The van der Waals surface area contributed by atoms with Gasteiger partial charge in [-0.05, 0) is 35.9 Å². The number of primary amides is 1. The third-order valence-electron chi connectivity index (χ3n) is 5.23. The summed E-state index contributed by atoms with van der Waals surface area (Å²) in [5, 5.41) is 9.16. The second kappa shape index (κ2) is 10.6. The molecule has 3 amide bonds. The molecule has 5 N–H and O–H groups in total. The average molecular weight is 465 g/mol. The molecule has 1 saturated heterocycles. The van der Waals surface area contributed by atoms with Gasteiger partial charge < -0.3 is 31.3 Å². The number of morpholine rings is 1. The number of rotatable bonds is 7. The number of nitrogens with one attached hydrogen (secondary N) is 3. The topological polar surface area (TPSA) is 122 Å². The number of anilines is 4. The highest BCUT2D eigenvalue weighted by Gasteiger charge is 2.17. The van der Waals surface area contributed by atoms with E-state index in [0.29, 0.717) is 61.3 Å². The van der Waals surface area contributed by atoms with Gasteiger partial charge in [0.1, 0.15) is 11.6 Å². The number of halogens is 1. The Labute approximate surface area is 196 Å². The van der Waals surface area contributed by atoms with Crippen LogP contribution in [0.25, 0.3) is 0 Å². The first-order valence-corrected chi connectivity index (χ1v) is 10.8. The van der Waals surface area contributed by atoms with Crippen molar-refractivity contribution in [3.8, 4) is 0 Å². The molecule has 2 aromatic carbocycles. The Morgan fingerprint density at radius 3 is 2.59 bits per heavy atom. The van der Waals surface area contributed by atoms with E-state index in [-0.39, 0.29) is 17.4 Å². The summed E-state index contributed by atoms with van der Waals surface area (Å²) in [6.07, 6.45) is 1.38. The Morgan fingerprint density at radius 2 is 1.82 bits per heavy atom. The number of aromatic nitrogens is 1. The van der Waals surface area contributed by atoms with Crippen LogP contribution in [0.1, 0.15) is 15.9 Å². The van der Waals surface area contributed by atoms with E-state index in [2.05, 4.69) is 20.9 Å². The number of carbonyl (C=O) groups is 2. The van der Waals surface area contributed by atoms with Crippen molar-refractivity contribution in [3.05, 3.63) is 77.7 Å². The normalized spacial score (nSPS) is 13.3. The summed E-state index contributed by atoms with van der Waals surface area (Å²) in [4.78, 5) is 30.3. The highest BCUT2D eigenvalue weighted by molar-refractivity contribution is 5.98. The summed E-state index contributed by atoms with van der Waals surface area (Å²) in [6.45, 7) is 2.44. The van der Waals surface area contributed by atoms with Crippen molar-refractivity contribution in [3.63, 3.8) is 0 Å². The van der Waals surface area contributed by atoms with Gasteiger partial charge >= 0.3 is 6.03 Å². The molecule has 34 heavy (non-hydrogen) atoms. The van der Waals surface area contributed by atoms with Crippen molar-refractivity contribution < 1.29 is 18.7 Å². The molecule has 3 aromatic rings. The minimum atomic E-state index is -0.631. The summed E-state index contributed by atoms with van der Waals surface area (Å²) in [5.41, 5.74) is 8.19. The zero-order valence-corrected chi connectivity index (χ0v) is 18.4. The Balaban J connectivity index is 1.46. The highest BCUT2D eigenvalue weighted by atomic mass is 19.1. The zero-order chi connectivity index (χ0) is 23.9. The maximum absolute atomic E-state index is 13.5. The van der Waals surface area contributed by atoms with E-state index >= 15 is 0 Å². The van der Waals surface area contributed by atoms with Gasteiger partial charge in [0.15, 0.2) is 0 Å². The molecule has 1 aliphatic rings. The lowest BCUT2D eigenvalue weighted by atomic mass is 10.2. The zero-order valence-electron chi connectivity index (χ0n) is 18.4. The summed E-state index contributed by atoms with van der Waals surface area (Å²) in [6, 6.07) is 14.8. The predicted molar refractivity (Wildman–Crippen MR) is 128 cm³/mol. The highest BCUT2D eigenvalue weighted by Crippen LogP contribution is 2.24. The van der Waals surface area contributed by atoms with Crippen molar-refractivity contribution in [2.24, 2.45) is 5.73 Å². The fourth-order valence-electron chi connectivity index (χ4n) is 3.50. The first kappa shape index (κ1) is 23.0. The van der Waals surface area contributed by atoms with Gasteiger partial charge in [0.05, 0.1) is 24.5 Å². The van der Waals surface area contributed by atoms with Crippen LogP contribution < -0.4 is 21.7 Å². The van der Waals surface area contributed by atoms with E-state index in [1.165, 1.54) is 18.3 Å². The second-order valence-corrected chi connectivity index (χ2v) is 7.70. The number of hydrogen-bond donors (Lipinski definition) is 4. The molecular weight excluding hydrogens is 439 g/mol. The Bertz CT molecular complexity index is 1180. The van der Waals surface area contributed by atoms with Gasteiger partial charge in [0.2, 0.25) is 0 Å². The molecule has 0 saturated carbocycles. The van der Waals surface area contributed by atoms with E-state index in [1.54, 1.807) is 41.3 Å². The third kappa shape index (κ3) is 5.99. The number of pyridine rings is 1. The van der Waals surface area contributed by atoms with Crippen LogP contribution in [0.15, 0.2) is 60.8 Å². The molecule has 2 heterocycles. The second-order valence-electron chi connectivity index (χ2n) is 7.70. The van der Waals surface area contributed by atoms with Gasteiger partial charge in [-0.15, -0.1) is 0 Å². The molecule has 1 fully saturated rings. The SMILES string of the molecule is NC(=O)c1cnc(Nc2cccc(NC(=O)N3CCOCC3)c2)cc1NCc1cccc(F)c1. The number of hydrogen-bond acceptors (Lipinski definition) is 6. The van der Waals surface area contributed by atoms with Crippen LogP contribution in [0.5, 0.6) is 0 Å². The maximum Gasteiger partial charge on any atom is 0.322 e. The summed E-state index contributed by atoms with van der Waals surface area (Å²) in [7, 11) is 0. The monoisotopic (exact) mass is 464 g/mol. The Kier molecular flexibility index (Phi) is 7.19. The van der Waals surface area contributed by atoms with E-state index in [0.717, 1.165) is 0 Å². The maximum atomic E-state index is 13.5. The molecule has 4 rings (SSSR count). The van der Waals surface area contributed by atoms with E-state index in [4.69, 9.17) is 10.5 Å². The largest absolute Gasteiger partial charge is 0.380 e. The number of urea groups is 1. The molecule has 0 radical (unpaired) electrons. The van der Waals surface area contributed by atoms with Gasteiger partial charge in [0.25, 0.3) is 5.91 Å². The number of nitrogens with zero attached hydrogens (tertiary/aromatic N) is 2. The van der Waals surface area contributed by atoms with Crippen molar-refractivity contribution in [1.29, 1.82) is 0 Å². The van der Waals surface area contributed by atoms with Crippen LogP contribution >= 0.6 is 0 Å². The molecule has 0 atom stereocenters. The minimum absolute atomic E-state index is 0.187. The standard InChI is InChI=1S/C24H25FN6O3/c25-17-4-1-3-16(11-17)14-27-21-13-22(28-15-20(21)23(26)32)29-18-5-2-6-19(12-18)30-24(33)31-7-9-34-10-8-31/h1-6,11-13,15H,7-10,14H2,(H2,26,32)(H,30,33)(H2,27,28,29). The van der Waals surface area contributed by atoms with Gasteiger partial charge in [-0.2, -0.15) is 0 Å². The molecule has 0 aliphatic carbocycles. The molecule has 0 bridgehead atoms. The lowest BCUT2D eigenvalue weighted by Crippen LogP contribution is -2.43. The molecule has 1 aliphatic heterocycles. The molecule has 0 unspecified atom stereocenters. The number of ether oxygens (including phenoxy) is 1. The molecular formula is C24H25FN6O3. The first-order valence-electron chi connectivity index (χ1n) is 10.8. The van der Waals surface area contributed by atoms with Crippen LogP contribution in [0.2, 0.25) is 0 Å². The predicted octanol–water partition coefficient (Wildman–Crippen LogP) is 3.54. The Hall–Kier alpha value is -4.18. The van der Waals surface area contributed by atoms with Gasteiger partial charge in [-0.25, -0.2) is 14.2 Å². The lowest BCUT2D eigenvalue weighted by Gasteiger charge is -2.27. The number of benzene rings is 2. The number of amides is 3. The molecule has 0 spiro atoms. The van der Waals surface area contributed by atoms with Crippen molar-refractivity contribution in [1.82, 2.24) is 9.88 Å². The fraction of sp³-hybridized carbons (Fsp3) is 0.208. The van der Waals surface area contributed by atoms with Crippen LogP contribution in [-0.2, 0) is 11.3 Å². The van der Waals surface area contributed by atoms with E-state index in [1.807, 2.05) is 6.07 Å². The third-order valence-corrected chi connectivity index (χ3v) is 5.23. The average Bonchev–Trinajstić information content (AvgIpc) is 2.83. The quantitative estimate of drug-likeness (QED) is 0.424. The van der Waals surface area contributed by atoms with Crippen LogP contribution in [0.3, 0.4) is 0 Å². The van der Waals surface area contributed by atoms with Crippen LogP contribution in [-0.4, -0.2) is 48.1 Å². The van der Waals surface area contributed by atoms with Gasteiger partial charge in [-0.1, -0.05) is 18.2 Å². The van der Waals surface area contributed by atoms with Gasteiger partial charge in [-0.3, -0.25) is 4.79 Å². The molecule has 10 heteroatoms. The van der Waals surface area contributed by atoms with E-state index < -0.39 is 5.91 Å². The molecule has 9 nitrogen and oxygen atoms in total. The van der Waals surface area contributed by atoms with Crippen molar-refractivity contribution in [2.75, 3.05) is 42.3 Å². The van der Waals surface area contributed by atoms with E-state index in [9.17, 15) is 14.0 Å². The summed E-state index contributed by atoms with van der Waals surface area (Å²) >= 11 is 0. The first-order chi connectivity index (χ1) is 16.5. The fourth-order valence-corrected chi connectivity index (χ4v) is 3.50. The Morgan fingerprint density at radius 1 is 1.06 bits per heavy atom. The molecule has 1 aromatic heterocycles. The minimum Gasteiger partial charge on any atom is -0.380 e. The van der Waals surface area contributed by atoms with Crippen LogP contribution in [0, 0.1) is 5.82 Å². The number of nitrogens with two attached hydrogens (primary N) is 1. The molecule has 176 valence electrons. The van der Waals surface area contributed by atoms with Crippen molar-refractivity contribution >= 4 is 34.8 Å². The van der Waals surface area contributed by atoms with Crippen LogP contribution in [0.4, 0.5) is 32.1 Å². The summed E-state index contributed by atoms with van der Waals surface area (Å²) < 4.78 is 18.7. The smallest absolute Gasteiger partial charge is 0.322 e. The number of carbonyl (C=O) groups excluding carboxylic acids is 2. The lowest BCUT2D eigenvalue weighted by molar-refractivity contribution is 0.0564. The van der Waals surface area contributed by atoms with Crippen molar-refractivity contribution in [2.45, 2.75) is 6.54 Å².